The highest BCUT2D eigenvalue weighted by atomic mass is 32.2. The number of thioether (sulfide) groups is 1. The molecular weight excluding hydrogens is 1130 g/mol. The van der Waals surface area contributed by atoms with Crippen LogP contribution < -0.4 is 31.8 Å². The number of Topliss-reactive ketones (excluding diaryl/α,β-unsaturated/α-hetero) is 1. The molecule has 3 amide bonds. The van der Waals surface area contributed by atoms with Crippen molar-refractivity contribution in [3.8, 4) is 23.0 Å². The molecule has 86 heavy (non-hydrogen) atoms. The summed E-state index contributed by atoms with van der Waals surface area (Å²) in [5.41, 5.74) is 6.30. The second-order valence-electron chi connectivity index (χ2n) is 24.6. The maximum Gasteiger partial charge on any atom is 0.327 e. The number of nitrogens with one attached hydrogen (secondary N) is 2. The largest absolute Gasteiger partial charge is 0.508 e. The van der Waals surface area contributed by atoms with Crippen molar-refractivity contribution < 1.29 is 78.4 Å². The number of carboxylic acid groups (broad SMARTS) is 1. The number of piperidine rings is 1. The Morgan fingerprint density at radius 1 is 0.919 bits per heavy atom. The van der Waals surface area contributed by atoms with Gasteiger partial charge in [-0.05, 0) is 57.4 Å². The quantitative estimate of drug-likeness (QED) is 0.0833. The number of phenols is 3. The lowest BCUT2D eigenvalue weighted by atomic mass is 9.78. The Balaban J connectivity index is 0.000000319. The molecule has 6 heterocycles. The lowest BCUT2D eigenvalue weighted by molar-refractivity contribution is -0.161. The van der Waals surface area contributed by atoms with Crippen LogP contribution in [0.25, 0.3) is 10.8 Å². The van der Waals surface area contributed by atoms with Crippen LogP contribution in [-0.2, 0) is 38.2 Å². The molecule has 4 bridgehead atoms. The number of esters is 1. The zero-order chi connectivity index (χ0) is 63.4. The van der Waals surface area contributed by atoms with E-state index in [0.717, 1.165) is 19.6 Å². The Morgan fingerprint density at radius 2 is 1.57 bits per heavy atom. The molecule has 3 saturated heterocycles. The number of nitrogens with zero attached hydrogens (tertiary/aromatic N) is 4. The van der Waals surface area contributed by atoms with Gasteiger partial charge >= 0.3 is 17.7 Å². The zero-order valence-electron chi connectivity index (χ0n) is 50.8. The van der Waals surface area contributed by atoms with E-state index < -0.39 is 129 Å². The minimum Gasteiger partial charge on any atom is -0.508 e. The van der Waals surface area contributed by atoms with Crippen LogP contribution in [0, 0.1) is 36.5 Å². The first-order chi connectivity index (χ1) is 40.3. The van der Waals surface area contributed by atoms with Gasteiger partial charge in [0.15, 0.2) is 5.75 Å². The van der Waals surface area contributed by atoms with Crippen molar-refractivity contribution in [3.63, 3.8) is 0 Å². The average Bonchev–Trinajstić information content (AvgIpc) is 1.52. The Morgan fingerprint density at radius 3 is 2.17 bits per heavy atom. The number of phenolic OH excluding ortho intramolecular Hbond substituents is 3. The number of aromatic hydroxyl groups is 3. The SMILES string of the molecule is CC1(C)S[C@@H]2[C@H](NC(=O)[C@H](N)c3ccc(O)cc3)C(=O)N2[C@H]1C(=O)O.CO[C@H]1/C=C/O[C@@]2(C)Oc3c(C)c(O)c4c(O)c(c5c(c4c3C2=O)NC2(CCN(CC(C)C)CC2)N=5)=NC(=O)/C(C)=C\C=C\[C@H](C)[C@H](O)[C@@H](C)[C@@H](O)[C@@H](C)[C@H](OC(C)=O)[C@@H]1C. The summed E-state index contributed by atoms with van der Waals surface area (Å²) in [4.78, 5) is 90.4. The molecule has 0 unspecified atom stereocenters. The van der Waals surface area contributed by atoms with E-state index in [2.05, 4.69) is 34.4 Å². The fraction of sp³-hybridized carbons (Fsp3) is 0.548. The number of aliphatic hydroxyl groups excluding tert-OH is 2. The number of aliphatic hydroxyl groups is 2. The first-order valence-corrected chi connectivity index (χ1v) is 29.8. The number of carbonyl (C=O) groups excluding carboxylic acids is 5. The van der Waals surface area contributed by atoms with Crippen LogP contribution in [-0.4, -0.2) is 161 Å². The van der Waals surface area contributed by atoms with Gasteiger partial charge in [-0.2, -0.15) is 0 Å². The predicted octanol–water partition coefficient (Wildman–Crippen LogP) is 4.77. The maximum absolute atomic E-state index is 14.7. The number of fused-ring (bicyclic) bond motifs is 2. The van der Waals surface area contributed by atoms with Gasteiger partial charge in [0.1, 0.15) is 63.2 Å². The summed E-state index contributed by atoms with van der Waals surface area (Å²) >= 11 is 1.35. The van der Waals surface area contributed by atoms with Crippen molar-refractivity contribution in [2.75, 3.05) is 32.1 Å². The topological polar surface area (TPSA) is 342 Å². The molecule has 0 saturated carbocycles. The van der Waals surface area contributed by atoms with E-state index in [1.807, 2.05) is 0 Å². The van der Waals surface area contributed by atoms with Crippen molar-refractivity contribution >= 4 is 63.7 Å². The number of nitrogens with two attached hydrogens (primary N) is 1. The van der Waals surface area contributed by atoms with E-state index in [0.29, 0.717) is 30.0 Å². The van der Waals surface area contributed by atoms with Gasteiger partial charge in [-0.3, -0.25) is 29.0 Å². The molecule has 3 fully saturated rings. The molecule has 9 rings (SSSR count). The number of benzene rings is 3. The van der Waals surface area contributed by atoms with E-state index in [1.165, 1.54) is 68.1 Å². The molecule has 6 aliphatic rings. The molecule has 466 valence electrons. The number of β-lactam (4-membered cyclic amide) rings is 1. The van der Waals surface area contributed by atoms with Crippen molar-refractivity contribution in [3.05, 3.63) is 87.8 Å². The lowest BCUT2D eigenvalue weighted by Gasteiger charge is -2.43. The number of hydrogen-bond donors (Lipinski definition) is 9. The van der Waals surface area contributed by atoms with Gasteiger partial charge in [-0.15, -0.1) is 11.8 Å². The first-order valence-electron chi connectivity index (χ1n) is 28.9. The van der Waals surface area contributed by atoms with E-state index in [1.54, 1.807) is 79.7 Å². The molecule has 24 heteroatoms. The van der Waals surface area contributed by atoms with Gasteiger partial charge in [0.05, 0.1) is 41.2 Å². The minimum absolute atomic E-state index is 0.0538. The Kier molecular flexibility index (Phi) is 18.8. The van der Waals surface area contributed by atoms with Crippen LogP contribution in [0.4, 0.5) is 5.69 Å². The van der Waals surface area contributed by atoms with Crippen LogP contribution in [0.5, 0.6) is 23.0 Å². The first kappa shape index (κ1) is 64.9. The lowest BCUT2D eigenvalue weighted by Crippen LogP contribution is -2.71. The minimum atomic E-state index is -1.95. The van der Waals surface area contributed by atoms with Crippen LogP contribution in [0.1, 0.15) is 117 Å². The fourth-order valence-electron chi connectivity index (χ4n) is 12.5. The Labute approximate surface area is 503 Å². The molecule has 3 aromatic rings. The number of carboxylic acids is 1. The Bertz CT molecular complexity index is 3420. The van der Waals surface area contributed by atoms with Crippen molar-refractivity contribution in [2.45, 2.75) is 160 Å². The molecule has 1 spiro atoms. The van der Waals surface area contributed by atoms with Crippen LogP contribution in [0.3, 0.4) is 0 Å². The number of anilines is 1. The van der Waals surface area contributed by atoms with Crippen LogP contribution >= 0.6 is 11.8 Å². The smallest absolute Gasteiger partial charge is 0.327 e. The molecular formula is C62H81N7O16S. The molecule has 23 nitrogen and oxygen atoms in total. The zero-order valence-corrected chi connectivity index (χ0v) is 51.6. The van der Waals surface area contributed by atoms with Gasteiger partial charge in [0, 0.05) is 98.4 Å². The summed E-state index contributed by atoms with van der Waals surface area (Å²) in [7, 11) is 1.47. The third-order valence-electron chi connectivity index (χ3n) is 17.4. The molecule has 10 N–H and O–H groups in total. The van der Waals surface area contributed by atoms with E-state index in [4.69, 9.17) is 29.7 Å². The second kappa shape index (κ2) is 24.9. The summed E-state index contributed by atoms with van der Waals surface area (Å²) in [6.45, 7) is 23.1. The molecule has 13 atom stereocenters. The number of hydrogen-bond acceptors (Lipinski definition) is 20. The number of ether oxygens (including phenoxy) is 4. The van der Waals surface area contributed by atoms with E-state index >= 15 is 0 Å². The number of carbonyl (C=O) groups is 6. The normalized spacial score (nSPS) is 31.3. The molecule has 0 aromatic heterocycles. The fourth-order valence-corrected chi connectivity index (χ4v) is 14.1. The van der Waals surface area contributed by atoms with Crippen molar-refractivity contribution in [1.29, 1.82) is 0 Å². The number of amides is 3. The number of aliphatic carboxylic acids is 1. The highest BCUT2D eigenvalue weighted by Gasteiger charge is 2.64. The van der Waals surface area contributed by atoms with Gasteiger partial charge in [-0.1, -0.05) is 71.9 Å². The summed E-state index contributed by atoms with van der Waals surface area (Å²) in [6.07, 6.45) is 5.07. The van der Waals surface area contributed by atoms with Gasteiger partial charge in [-0.25, -0.2) is 9.79 Å². The highest BCUT2D eigenvalue weighted by molar-refractivity contribution is 8.01. The average molecular weight is 1210 g/mol. The number of ketones is 1. The van der Waals surface area contributed by atoms with Crippen LogP contribution in [0.15, 0.2) is 70.4 Å². The third-order valence-corrected chi connectivity index (χ3v) is 19.0. The predicted molar refractivity (Wildman–Crippen MR) is 318 cm³/mol. The standard InChI is InChI=1S/C46H62N4O11.C16H19N3O5S/c1-22(2)21-50-18-16-46(17-19-50)48-34-31-32-39(54)28(8)42-33(31)43(56)45(10,61-42)59-20-15-30(58-11)25(5)41(60-29(9)51)27(7)38(53)26(6)37(52)23(3)13-12-14-24(4)44(57)47-36(40(32)55)35(34)49-46;1-16(2)11(15(23)24)19-13(22)10(14(19)25-16)18-12(21)9(17)7-3-5-8(20)6-4-7/h12-15,20,22-23,25-27,30,37-38,41,48,52-55H,16-19,21H2,1-11H3;3-6,9-11,14,20H,17H2,1-2H3,(H,18,21)(H,23,24)/b13-12+,20-15+,24-14-,47-36?;/t23-,25+,26+,27+,30-,37-,38+,41+,45-;9-,10-,11+,14-/m01/s1. The summed E-state index contributed by atoms with van der Waals surface area (Å²) in [6, 6.07) is 3.21. The van der Waals surface area contributed by atoms with Crippen molar-refractivity contribution in [2.24, 2.45) is 45.3 Å². The molecule has 0 aliphatic carbocycles. The monoisotopic (exact) mass is 1210 g/mol. The van der Waals surface area contributed by atoms with Gasteiger partial charge < -0.3 is 75.8 Å². The van der Waals surface area contributed by atoms with Gasteiger partial charge in [0.25, 0.3) is 11.7 Å². The van der Waals surface area contributed by atoms with Gasteiger partial charge in [0.2, 0.25) is 11.8 Å². The highest BCUT2D eigenvalue weighted by Crippen LogP contribution is 2.53. The maximum atomic E-state index is 14.7. The van der Waals surface area contributed by atoms with Crippen LogP contribution in [0.2, 0.25) is 0 Å². The number of methoxy groups -OCH3 is 1. The Hall–Kier alpha value is -7.09. The molecule has 6 aliphatic heterocycles. The van der Waals surface area contributed by atoms with E-state index in [9.17, 15) is 59.4 Å². The summed E-state index contributed by atoms with van der Waals surface area (Å²) < 4.78 is 23.3. The number of likely N-dealkylation sites (tertiary alicyclic amines) is 1. The molecule has 0 radical (unpaired) electrons. The summed E-state index contributed by atoms with van der Waals surface area (Å²) in [5.74, 6) is -8.51. The number of rotatable bonds is 8. The molecule has 3 aromatic carbocycles. The second-order valence-corrected chi connectivity index (χ2v) is 26.4. The third kappa shape index (κ3) is 12.3. The van der Waals surface area contributed by atoms with Crippen molar-refractivity contribution in [1.82, 2.24) is 15.1 Å². The summed E-state index contributed by atoms with van der Waals surface area (Å²) in [5, 5.41) is 71.4. The number of allylic oxidation sites excluding steroid dienone is 2. The van der Waals surface area contributed by atoms with E-state index in [-0.39, 0.29) is 55.4 Å².